The van der Waals surface area contributed by atoms with Crippen LogP contribution in [-0.4, -0.2) is 67.3 Å². The van der Waals surface area contributed by atoms with Gasteiger partial charge in [0.2, 0.25) is 0 Å². The van der Waals surface area contributed by atoms with Crippen molar-refractivity contribution in [1.29, 1.82) is 0 Å². The molecule has 9 heteroatoms. The van der Waals surface area contributed by atoms with Crippen LogP contribution in [0.1, 0.15) is 39.9 Å². The van der Waals surface area contributed by atoms with E-state index in [0.29, 0.717) is 25.3 Å². The molecule has 0 radical (unpaired) electrons. The van der Waals surface area contributed by atoms with Crippen molar-refractivity contribution < 1.29 is 24.2 Å². The largest absolute Gasteiger partial charge is 0.488 e. The molecule has 1 aliphatic heterocycles. The van der Waals surface area contributed by atoms with E-state index >= 15 is 0 Å². The molecule has 1 saturated carbocycles. The second-order valence-corrected chi connectivity index (χ2v) is 11.9. The fourth-order valence-electron chi connectivity index (χ4n) is 5.98. The van der Waals surface area contributed by atoms with Crippen molar-refractivity contribution in [3.63, 3.8) is 0 Å². The number of carbonyl (C=O) groups is 2. The Morgan fingerprint density at radius 2 is 1.88 bits per heavy atom. The van der Waals surface area contributed by atoms with Crippen LogP contribution in [0.2, 0.25) is 0 Å². The second kappa shape index (κ2) is 12.0. The number of fused-ring (bicyclic) bond motifs is 2. The average Bonchev–Trinajstić information content (AvgIpc) is 3.54. The lowest BCUT2D eigenvalue weighted by atomic mass is 9.85. The Hall–Kier alpha value is -3.43. The third kappa shape index (κ3) is 5.86. The summed E-state index contributed by atoms with van der Waals surface area (Å²) >= 11 is 1.60. The van der Waals surface area contributed by atoms with E-state index in [1.54, 1.807) is 30.4 Å². The van der Waals surface area contributed by atoms with Crippen molar-refractivity contribution >= 4 is 28.3 Å². The normalized spacial score (nSPS) is 20.0. The number of piperidine rings is 1. The summed E-state index contributed by atoms with van der Waals surface area (Å²) in [6.45, 7) is 6.95. The van der Waals surface area contributed by atoms with E-state index in [1.165, 1.54) is 0 Å². The van der Waals surface area contributed by atoms with Crippen LogP contribution in [-0.2, 0) is 16.1 Å². The van der Waals surface area contributed by atoms with Crippen LogP contribution in [0.15, 0.2) is 41.8 Å². The standard InChI is InChI=1S/C31H37N3O5S/c1-19-5-10-27(39-17-24-9-6-21(14-20(24)2)29(35)33(3)11-12-38-4)25(13-19)26-18-40-31(32-26)34-15-22-7-8-23(16-34)28(22)30(36)37/h5-6,9-10,13-14,18,22-23,28H,7-8,11-12,15-17H2,1-4H3,(H,36,37). The van der Waals surface area contributed by atoms with Crippen LogP contribution in [0.3, 0.4) is 0 Å². The predicted octanol–water partition coefficient (Wildman–Crippen LogP) is 5.27. The van der Waals surface area contributed by atoms with Crippen LogP contribution in [0.5, 0.6) is 5.75 Å². The zero-order valence-corrected chi connectivity index (χ0v) is 24.4. The summed E-state index contributed by atoms with van der Waals surface area (Å²) in [5, 5.41) is 12.7. The summed E-state index contributed by atoms with van der Waals surface area (Å²) in [7, 11) is 3.40. The van der Waals surface area contributed by atoms with Crippen LogP contribution in [0, 0.1) is 31.6 Å². The number of benzene rings is 2. The van der Waals surface area contributed by atoms with Gasteiger partial charge >= 0.3 is 5.97 Å². The zero-order chi connectivity index (χ0) is 28.4. The topological polar surface area (TPSA) is 92.2 Å². The van der Waals surface area contributed by atoms with E-state index in [9.17, 15) is 14.7 Å². The molecule has 1 aromatic heterocycles. The number of amides is 1. The van der Waals surface area contributed by atoms with Crippen molar-refractivity contribution in [1.82, 2.24) is 9.88 Å². The van der Waals surface area contributed by atoms with Gasteiger partial charge in [-0.1, -0.05) is 17.7 Å². The minimum Gasteiger partial charge on any atom is -0.488 e. The summed E-state index contributed by atoms with van der Waals surface area (Å²) in [6, 6.07) is 11.8. The van der Waals surface area contributed by atoms with Crippen LogP contribution >= 0.6 is 11.3 Å². The first-order valence-electron chi connectivity index (χ1n) is 13.8. The van der Waals surface area contributed by atoms with Crippen molar-refractivity contribution in [3.05, 3.63) is 64.0 Å². The highest BCUT2D eigenvalue weighted by Crippen LogP contribution is 2.44. The fraction of sp³-hybridized carbons (Fsp3) is 0.452. The maximum atomic E-state index is 12.7. The first kappa shape index (κ1) is 28.1. The minimum atomic E-state index is -0.653. The molecule has 1 saturated heterocycles. The molecule has 2 bridgehead atoms. The molecule has 3 aromatic rings. The SMILES string of the molecule is COCCN(C)C(=O)c1ccc(COc2ccc(C)cc2-c2csc(N3CC4CCC(C3)C4C(=O)O)n2)c(C)c1. The molecule has 1 aliphatic carbocycles. The second-order valence-electron chi connectivity index (χ2n) is 11.0. The molecule has 2 fully saturated rings. The lowest BCUT2D eigenvalue weighted by Crippen LogP contribution is -2.44. The number of aromatic nitrogens is 1. The number of aryl methyl sites for hydroxylation is 2. The molecule has 2 heterocycles. The monoisotopic (exact) mass is 563 g/mol. The third-order valence-corrected chi connectivity index (χ3v) is 9.14. The van der Waals surface area contributed by atoms with E-state index in [4.69, 9.17) is 14.5 Å². The van der Waals surface area contributed by atoms with Gasteiger partial charge in [-0.15, -0.1) is 11.3 Å². The molecule has 2 aliphatic rings. The van der Waals surface area contributed by atoms with Gasteiger partial charge in [-0.2, -0.15) is 0 Å². The summed E-state index contributed by atoms with van der Waals surface area (Å²) in [4.78, 5) is 33.4. The van der Waals surface area contributed by atoms with E-state index < -0.39 is 5.97 Å². The van der Waals surface area contributed by atoms with Gasteiger partial charge in [0, 0.05) is 50.3 Å². The molecule has 8 nitrogen and oxygen atoms in total. The van der Waals surface area contributed by atoms with E-state index in [-0.39, 0.29) is 23.7 Å². The number of anilines is 1. The number of hydrogen-bond donors (Lipinski definition) is 1. The van der Waals surface area contributed by atoms with E-state index in [0.717, 1.165) is 64.8 Å². The highest BCUT2D eigenvalue weighted by atomic mass is 32.1. The number of likely N-dealkylation sites (N-methyl/N-ethyl adjacent to an activating group) is 1. The van der Waals surface area contributed by atoms with Gasteiger partial charge in [0.15, 0.2) is 5.13 Å². The van der Waals surface area contributed by atoms with Gasteiger partial charge in [-0.05, 0) is 73.9 Å². The number of aliphatic carboxylic acids is 1. The van der Waals surface area contributed by atoms with Crippen molar-refractivity contribution in [2.45, 2.75) is 33.3 Å². The third-order valence-electron chi connectivity index (χ3n) is 8.24. The maximum absolute atomic E-state index is 12.7. The number of ether oxygens (including phenoxy) is 2. The Kier molecular flexibility index (Phi) is 8.42. The number of carboxylic acid groups (broad SMARTS) is 1. The molecule has 2 aromatic carbocycles. The molecule has 0 spiro atoms. The van der Waals surface area contributed by atoms with Gasteiger partial charge in [-0.3, -0.25) is 9.59 Å². The molecule has 40 heavy (non-hydrogen) atoms. The average molecular weight is 564 g/mol. The molecular formula is C31H37N3O5S. The van der Waals surface area contributed by atoms with E-state index in [1.807, 2.05) is 37.3 Å². The molecular weight excluding hydrogens is 526 g/mol. The molecule has 2 unspecified atom stereocenters. The molecule has 2 atom stereocenters. The van der Waals surface area contributed by atoms with Crippen molar-refractivity contribution in [2.75, 3.05) is 45.3 Å². The van der Waals surface area contributed by atoms with Gasteiger partial charge < -0.3 is 24.4 Å². The Balaban J connectivity index is 1.29. The molecule has 1 amide bonds. The van der Waals surface area contributed by atoms with Crippen molar-refractivity contribution in [2.24, 2.45) is 17.8 Å². The first-order valence-corrected chi connectivity index (χ1v) is 14.6. The Morgan fingerprint density at radius 3 is 2.55 bits per heavy atom. The van der Waals surface area contributed by atoms with Crippen LogP contribution < -0.4 is 9.64 Å². The quantitative estimate of drug-likeness (QED) is 0.359. The number of carboxylic acids is 1. The predicted molar refractivity (Wildman–Crippen MR) is 156 cm³/mol. The molecule has 5 rings (SSSR count). The summed E-state index contributed by atoms with van der Waals surface area (Å²) < 4.78 is 11.4. The van der Waals surface area contributed by atoms with Gasteiger partial charge in [0.05, 0.1) is 18.2 Å². The summed E-state index contributed by atoms with van der Waals surface area (Å²) in [5.41, 5.74) is 5.58. The molecule has 1 N–H and O–H groups in total. The van der Waals surface area contributed by atoms with Crippen LogP contribution in [0.4, 0.5) is 5.13 Å². The maximum Gasteiger partial charge on any atom is 0.307 e. The number of nitrogens with zero attached hydrogens (tertiary/aromatic N) is 3. The fourth-order valence-corrected chi connectivity index (χ4v) is 6.83. The van der Waals surface area contributed by atoms with Gasteiger partial charge in [0.25, 0.3) is 5.91 Å². The number of methoxy groups -OCH3 is 1. The minimum absolute atomic E-state index is 0.0343. The summed E-state index contributed by atoms with van der Waals surface area (Å²) in [6.07, 6.45) is 1.95. The highest BCUT2D eigenvalue weighted by Gasteiger charge is 2.46. The zero-order valence-electron chi connectivity index (χ0n) is 23.6. The number of carbonyl (C=O) groups excluding carboxylic acids is 1. The first-order chi connectivity index (χ1) is 19.2. The lowest BCUT2D eigenvalue weighted by Gasteiger charge is -2.35. The number of hydrogen-bond acceptors (Lipinski definition) is 7. The highest BCUT2D eigenvalue weighted by molar-refractivity contribution is 7.14. The number of thiazole rings is 1. The van der Waals surface area contributed by atoms with E-state index in [2.05, 4.69) is 23.3 Å². The van der Waals surface area contributed by atoms with Crippen LogP contribution in [0.25, 0.3) is 11.3 Å². The van der Waals surface area contributed by atoms with Gasteiger partial charge in [0.1, 0.15) is 12.4 Å². The Morgan fingerprint density at radius 1 is 1.12 bits per heavy atom. The lowest BCUT2D eigenvalue weighted by molar-refractivity contribution is -0.144. The smallest absolute Gasteiger partial charge is 0.307 e. The molecule has 212 valence electrons. The number of rotatable bonds is 10. The van der Waals surface area contributed by atoms with Crippen molar-refractivity contribution in [3.8, 4) is 17.0 Å². The van der Waals surface area contributed by atoms with Gasteiger partial charge in [-0.25, -0.2) is 4.98 Å². The Bertz CT molecular complexity index is 1380. The Labute approximate surface area is 239 Å². The summed E-state index contributed by atoms with van der Waals surface area (Å²) in [5.74, 6) is 0.229.